The lowest BCUT2D eigenvalue weighted by Gasteiger charge is -2.35. The molecular formula is C34H36ClF5N8O3. The first kappa shape index (κ1) is 37.4. The van der Waals surface area contributed by atoms with E-state index in [1.807, 2.05) is 20.8 Å². The molecule has 0 saturated heterocycles. The van der Waals surface area contributed by atoms with Crippen LogP contribution in [0.1, 0.15) is 70.1 Å². The van der Waals surface area contributed by atoms with Gasteiger partial charge >= 0.3 is 18.7 Å². The summed E-state index contributed by atoms with van der Waals surface area (Å²) in [6.07, 6.45) is -1.57. The summed E-state index contributed by atoms with van der Waals surface area (Å²) in [5.41, 5.74) is 6.65. The second-order valence-electron chi connectivity index (χ2n) is 13.6. The van der Waals surface area contributed by atoms with E-state index in [1.165, 1.54) is 28.3 Å². The van der Waals surface area contributed by atoms with Crippen LogP contribution in [0.25, 0.3) is 16.8 Å². The number of carbonyl (C=O) groups is 2. The number of aromatic nitrogens is 5. The van der Waals surface area contributed by atoms with E-state index in [9.17, 15) is 31.5 Å². The number of hydrogen-bond acceptors (Lipinski definition) is 8. The minimum Gasteiger partial charge on any atom is -0.463 e. The van der Waals surface area contributed by atoms with Crippen LogP contribution in [0.4, 0.5) is 22.0 Å². The second kappa shape index (κ2) is 14.0. The maximum absolute atomic E-state index is 14.8. The van der Waals surface area contributed by atoms with Gasteiger partial charge in [-0.2, -0.15) is 32.1 Å². The van der Waals surface area contributed by atoms with Crippen molar-refractivity contribution in [3.8, 4) is 16.8 Å². The van der Waals surface area contributed by atoms with Gasteiger partial charge < -0.3 is 10.5 Å². The minimum atomic E-state index is -4.62. The van der Waals surface area contributed by atoms with Crippen molar-refractivity contribution in [2.24, 2.45) is 22.1 Å². The molecular weight excluding hydrogens is 699 g/mol. The molecule has 5 rings (SSSR count). The Labute approximate surface area is 295 Å². The van der Waals surface area contributed by atoms with Gasteiger partial charge in [0.25, 0.3) is 5.91 Å². The van der Waals surface area contributed by atoms with Crippen LogP contribution in [0.15, 0.2) is 66.2 Å². The normalized spacial score (nSPS) is 17.9. The Kier molecular flexibility index (Phi) is 10.3. The lowest BCUT2D eigenvalue weighted by atomic mass is 9.75. The molecule has 2 aromatic heterocycles. The molecule has 0 fully saturated rings. The number of alkyl halides is 5. The van der Waals surface area contributed by atoms with Crippen LogP contribution in [0.2, 0.25) is 5.02 Å². The number of hydrogen-bond donors (Lipinski definition) is 1. The topological polar surface area (TPSA) is 134 Å². The van der Waals surface area contributed by atoms with E-state index >= 15 is 0 Å². The van der Waals surface area contributed by atoms with Crippen molar-refractivity contribution in [3.63, 3.8) is 0 Å². The Morgan fingerprint density at radius 3 is 2.31 bits per heavy atom. The number of guanidine groups is 1. The third-order valence-corrected chi connectivity index (χ3v) is 8.77. The highest BCUT2D eigenvalue weighted by molar-refractivity contribution is 6.32. The number of aliphatic imine (C=N–C) groups is 1. The summed E-state index contributed by atoms with van der Waals surface area (Å²) < 4.78 is 73.5. The molecule has 0 aliphatic carbocycles. The molecule has 0 spiro atoms. The van der Waals surface area contributed by atoms with E-state index in [4.69, 9.17) is 27.1 Å². The highest BCUT2D eigenvalue weighted by Gasteiger charge is 2.53. The molecule has 1 amide bonds. The molecule has 1 aliphatic rings. The third-order valence-electron chi connectivity index (χ3n) is 8.46. The number of aryl methyl sites for hydroxylation is 1. The van der Waals surface area contributed by atoms with Gasteiger partial charge in [0.05, 0.1) is 35.3 Å². The fourth-order valence-electron chi connectivity index (χ4n) is 5.96. The van der Waals surface area contributed by atoms with Gasteiger partial charge in [-0.3, -0.25) is 14.5 Å². The molecule has 0 saturated carbocycles. The Morgan fingerprint density at radius 2 is 1.75 bits per heavy atom. The van der Waals surface area contributed by atoms with E-state index in [0.29, 0.717) is 38.4 Å². The molecule has 11 nitrogen and oxygen atoms in total. The fourth-order valence-corrected chi connectivity index (χ4v) is 6.16. The molecule has 1 aliphatic heterocycles. The van der Waals surface area contributed by atoms with Gasteiger partial charge in [0.1, 0.15) is 18.8 Å². The Bertz CT molecular complexity index is 1940. The summed E-state index contributed by atoms with van der Waals surface area (Å²) in [5.74, 6) is -3.39. The van der Waals surface area contributed by atoms with Gasteiger partial charge in [-0.1, -0.05) is 69.6 Å². The van der Waals surface area contributed by atoms with E-state index in [2.05, 4.69) is 15.2 Å². The zero-order valence-corrected chi connectivity index (χ0v) is 29.1. The van der Waals surface area contributed by atoms with Crippen molar-refractivity contribution in [2.75, 3.05) is 6.61 Å². The van der Waals surface area contributed by atoms with Crippen molar-refractivity contribution in [3.05, 3.63) is 83.2 Å². The van der Waals surface area contributed by atoms with E-state index in [-0.39, 0.29) is 17.4 Å². The zero-order chi connectivity index (χ0) is 37.5. The number of esters is 1. The van der Waals surface area contributed by atoms with Gasteiger partial charge in [-0.25, -0.2) is 19.3 Å². The van der Waals surface area contributed by atoms with E-state index in [1.54, 1.807) is 49.4 Å². The van der Waals surface area contributed by atoms with E-state index in [0.717, 1.165) is 6.92 Å². The van der Waals surface area contributed by atoms with Crippen molar-refractivity contribution in [1.29, 1.82) is 0 Å². The highest BCUT2D eigenvalue weighted by atomic mass is 35.5. The van der Waals surface area contributed by atoms with Gasteiger partial charge in [-0.05, 0) is 47.6 Å². The largest absolute Gasteiger partial charge is 0.463 e. The average molecular weight is 735 g/mol. The number of rotatable bonds is 11. The smallest absolute Gasteiger partial charge is 0.392 e. The van der Waals surface area contributed by atoms with E-state index < -0.39 is 60.5 Å². The predicted molar refractivity (Wildman–Crippen MR) is 178 cm³/mol. The first-order valence-electron chi connectivity index (χ1n) is 15.8. The fraction of sp³-hybridized carbons (Fsp3) is 0.412. The highest BCUT2D eigenvalue weighted by Crippen LogP contribution is 2.45. The van der Waals surface area contributed by atoms with Gasteiger partial charge in [0, 0.05) is 11.8 Å². The van der Waals surface area contributed by atoms with Crippen LogP contribution in [-0.2, 0) is 19.9 Å². The summed E-state index contributed by atoms with van der Waals surface area (Å²) in [6.45, 7) is 4.92. The number of nitrogens with two attached hydrogens (primary N) is 1. The van der Waals surface area contributed by atoms with Gasteiger partial charge in [0.15, 0.2) is 11.5 Å². The Morgan fingerprint density at radius 1 is 1.06 bits per heavy atom. The first-order chi connectivity index (χ1) is 23.8. The molecule has 17 heteroatoms. The zero-order valence-electron chi connectivity index (χ0n) is 28.3. The molecule has 3 atom stereocenters. The van der Waals surface area contributed by atoms with Gasteiger partial charge in [-0.15, -0.1) is 0 Å². The van der Waals surface area contributed by atoms with Crippen LogP contribution in [0.5, 0.6) is 0 Å². The number of benzene rings is 2. The maximum Gasteiger partial charge on any atom is 0.392 e. The average Bonchev–Trinajstić information content (AvgIpc) is 3.76. The van der Waals surface area contributed by atoms with Crippen LogP contribution in [0.3, 0.4) is 0 Å². The standard InChI is InChI=1S/C34H36ClF5N8O3/c1-19(34(38,39)40)12-28(49)51-16-27(22-8-11-25(35)26(13-22)48-20(2)42-18-44-48)47-29(50)33(45-31(47)41,17-32(3,4)5)24-9-6-21(7-10-24)23-14-43-46(15-23)30(36)37/h6-11,13-15,18-19,27,30H,12,16-17H2,1-5H3,(H2,41,45)/t19-,27-,33-/m1/s1. The molecule has 2 aromatic carbocycles. The lowest BCUT2D eigenvalue weighted by Crippen LogP contribution is -2.47. The number of halogens is 6. The number of carbonyl (C=O) groups excluding carboxylic acids is 2. The minimum absolute atomic E-state index is 0.165. The van der Waals surface area contributed by atoms with Crippen LogP contribution < -0.4 is 5.73 Å². The summed E-state index contributed by atoms with van der Waals surface area (Å²) in [6, 6.07) is 10.2. The lowest BCUT2D eigenvalue weighted by molar-refractivity contribution is -0.181. The second-order valence-corrected chi connectivity index (χ2v) is 14.0. The predicted octanol–water partition coefficient (Wildman–Crippen LogP) is 7.15. The van der Waals surface area contributed by atoms with Gasteiger partial charge in [0.2, 0.25) is 0 Å². The molecule has 0 radical (unpaired) electrons. The Hall–Kier alpha value is -4.86. The SMILES string of the molecule is Cc1ncnn1-c1cc([C@@H](COC(=O)C[C@@H](C)C(F)(F)F)N2C(=O)[C@@](CC(C)(C)C)(c3ccc(-c4cnn(C(F)F)c4)cc3)N=C2N)ccc1Cl. The molecule has 0 bridgehead atoms. The summed E-state index contributed by atoms with van der Waals surface area (Å²) in [4.78, 5) is 37.6. The summed E-state index contributed by atoms with van der Waals surface area (Å²) in [7, 11) is 0. The van der Waals surface area contributed by atoms with Crippen LogP contribution in [0, 0.1) is 18.3 Å². The molecule has 4 aromatic rings. The van der Waals surface area contributed by atoms with Crippen LogP contribution >= 0.6 is 11.6 Å². The van der Waals surface area contributed by atoms with Crippen molar-refractivity contribution >= 4 is 29.4 Å². The molecule has 2 N–H and O–H groups in total. The van der Waals surface area contributed by atoms with Crippen molar-refractivity contribution in [1.82, 2.24) is 29.4 Å². The van der Waals surface area contributed by atoms with Crippen molar-refractivity contribution < 1.29 is 36.3 Å². The number of amides is 1. The quantitative estimate of drug-likeness (QED) is 0.128. The maximum atomic E-state index is 14.8. The molecule has 3 heterocycles. The summed E-state index contributed by atoms with van der Waals surface area (Å²) in [5, 5.41) is 8.16. The monoisotopic (exact) mass is 734 g/mol. The molecule has 0 unspecified atom stereocenters. The Balaban J connectivity index is 1.56. The molecule has 51 heavy (non-hydrogen) atoms. The summed E-state index contributed by atoms with van der Waals surface area (Å²) >= 11 is 6.53. The number of nitrogens with zero attached hydrogens (tertiary/aromatic N) is 7. The van der Waals surface area contributed by atoms with Crippen molar-refractivity contribution in [2.45, 2.75) is 71.8 Å². The molecule has 272 valence electrons. The first-order valence-corrected chi connectivity index (χ1v) is 16.2. The van der Waals surface area contributed by atoms with Crippen LogP contribution in [-0.4, -0.2) is 60.1 Å². The number of ether oxygens (including phenoxy) is 1. The third kappa shape index (κ3) is 7.90.